The topological polar surface area (TPSA) is 58.4 Å². The van der Waals surface area contributed by atoms with Crippen molar-refractivity contribution in [1.82, 2.24) is 10.2 Å². The van der Waals surface area contributed by atoms with Gasteiger partial charge in [0.2, 0.25) is 5.91 Å². The third kappa shape index (κ3) is 4.51. The van der Waals surface area contributed by atoms with Crippen LogP contribution in [-0.4, -0.2) is 36.5 Å². The lowest BCUT2D eigenvalue weighted by Gasteiger charge is -2.29. The van der Waals surface area contributed by atoms with Gasteiger partial charge in [0.25, 0.3) is 0 Å². The number of aryl methyl sites for hydroxylation is 1. The minimum absolute atomic E-state index is 0.0287. The number of nitrogens with one attached hydrogen (secondary N) is 1. The molecule has 5 heteroatoms. The monoisotopic (exact) mass is 293 g/mol. The number of likely N-dealkylation sites (tertiary alicyclic amines) is 1. The second-order valence-electron chi connectivity index (χ2n) is 5.91. The van der Waals surface area contributed by atoms with Crippen LogP contribution in [0.25, 0.3) is 0 Å². The minimum atomic E-state index is -0.237. The Labute approximate surface area is 125 Å². The highest BCUT2D eigenvalue weighted by atomic mass is 19.1. The SMILES string of the molecule is Cc1ccc(C(C)NC(=O)CN2CCC(N)CC2)cc1F. The number of halogens is 1. The normalized spacial score (nSPS) is 18.5. The first-order valence-electron chi connectivity index (χ1n) is 7.49. The van der Waals surface area contributed by atoms with Gasteiger partial charge in [-0.05, 0) is 43.9 Å². The van der Waals surface area contributed by atoms with Crippen LogP contribution in [0.1, 0.15) is 36.9 Å². The van der Waals surface area contributed by atoms with Crippen molar-refractivity contribution >= 4 is 5.91 Å². The van der Waals surface area contributed by atoms with Crippen LogP contribution in [0.5, 0.6) is 0 Å². The average molecular weight is 293 g/mol. The fraction of sp³-hybridized carbons (Fsp3) is 0.562. The molecular weight excluding hydrogens is 269 g/mol. The van der Waals surface area contributed by atoms with E-state index in [0.29, 0.717) is 12.1 Å². The Morgan fingerprint density at radius 3 is 2.76 bits per heavy atom. The summed E-state index contributed by atoms with van der Waals surface area (Å²) < 4.78 is 13.6. The summed E-state index contributed by atoms with van der Waals surface area (Å²) in [6.07, 6.45) is 1.87. The van der Waals surface area contributed by atoms with E-state index in [0.717, 1.165) is 31.5 Å². The van der Waals surface area contributed by atoms with Gasteiger partial charge in [0.05, 0.1) is 12.6 Å². The second-order valence-corrected chi connectivity index (χ2v) is 5.91. The zero-order valence-electron chi connectivity index (χ0n) is 12.7. The number of hydrogen-bond donors (Lipinski definition) is 2. The van der Waals surface area contributed by atoms with Crippen molar-refractivity contribution in [3.05, 3.63) is 35.1 Å². The molecule has 4 nitrogen and oxygen atoms in total. The van der Waals surface area contributed by atoms with Gasteiger partial charge in [-0.2, -0.15) is 0 Å². The smallest absolute Gasteiger partial charge is 0.234 e. The Balaban J connectivity index is 1.85. The summed E-state index contributed by atoms with van der Waals surface area (Å²) in [6.45, 7) is 5.70. The third-order valence-electron chi connectivity index (χ3n) is 4.07. The van der Waals surface area contributed by atoms with Gasteiger partial charge < -0.3 is 11.1 Å². The molecule has 1 atom stereocenters. The molecule has 1 fully saturated rings. The molecule has 0 bridgehead atoms. The standard InChI is InChI=1S/C16H24FN3O/c1-11-3-4-13(9-15(11)17)12(2)19-16(21)10-20-7-5-14(18)6-8-20/h3-4,9,12,14H,5-8,10,18H2,1-2H3,(H,19,21). The number of carbonyl (C=O) groups is 1. The maximum Gasteiger partial charge on any atom is 0.234 e. The number of rotatable bonds is 4. The fourth-order valence-corrected chi connectivity index (χ4v) is 2.56. The fourth-order valence-electron chi connectivity index (χ4n) is 2.56. The van der Waals surface area contributed by atoms with Crippen LogP contribution in [0.3, 0.4) is 0 Å². The van der Waals surface area contributed by atoms with Gasteiger partial charge in [0, 0.05) is 19.1 Å². The summed E-state index contributed by atoms with van der Waals surface area (Å²) in [4.78, 5) is 14.2. The third-order valence-corrected chi connectivity index (χ3v) is 4.07. The quantitative estimate of drug-likeness (QED) is 0.889. The van der Waals surface area contributed by atoms with Crippen LogP contribution in [0, 0.1) is 12.7 Å². The molecule has 1 aliphatic rings. The number of carbonyl (C=O) groups excluding carboxylic acids is 1. The first kappa shape index (κ1) is 15.9. The molecule has 0 spiro atoms. The molecule has 0 saturated carbocycles. The van der Waals surface area contributed by atoms with Crippen molar-refractivity contribution in [2.24, 2.45) is 5.73 Å². The Kier molecular flexibility index (Phi) is 5.31. The van der Waals surface area contributed by atoms with E-state index in [1.807, 2.05) is 13.0 Å². The van der Waals surface area contributed by atoms with Gasteiger partial charge in [-0.3, -0.25) is 9.69 Å². The summed E-state index contributed by atoms with van der Waals surface area (Å²) in [6, 6.07) is 5.14. The van der Waals surface area contributed by atoms with Gasteiger partial charge in [0.15, 0.2) is 0 Å². The van der Waals surface area contributed by atoms with E-state index in [1.165, 1.54) is 6.07 Å². The first-order valence-corrected chi connectivity index (χ1v) is 7.49. The van der Waals surface area contributed by atoms with Gasteiger partial charge in [-0.25, -0.2) is 4.39 Å². The average Bonchev–Trinajstić information content (AvgIpc) is 2.44. The van der Waals surface area contributed by atoms with Crippen LogP contribution in [0.4, 0.5) is 4.39 Å². The van der Waals surface area contributed by atoms with Crippen LogP contribution < -0.4 is 11.1 Å². The number of nitrogens with zero attached hydrogens (tertiary/aromatic N) is 1. The lowest BCUT2D eigenvalue weighted by atomic mass is 10.1. The number of hydrogen-bond acceptors (Lipinski definition) is 3. The van der Waals surface area contributed by atoms with Crippen LogP contribution >= 0.6 is 0 Å². The van der Waals surface area contributed by atoms with E-state index in [-0.39, 0.29) is 23.8 Å². The highest BCUT2D eigenvalue weighted by Gasteiger charge is 2.19. The summed E-state index contributed by atoms with van der Waals surface area (Å²) in [7, 11) is 0. The van der Waals surface area contributed by atoms with E-state index < -0.39 is 0 Å². The molecular formula is C16H24FN3O. The van der Waals surface area contributed by atoms with Crippen molar-refractivity contribution in [2.45, 2.75) is 38.8 Å². The Morgan fingerprint density at radius 2 is 2.14 bits per heavy atom. The molecule has 0 radical (unpaired) electrons. The van der Waals surface area contributed by atoms with E-state index >= 15 is 0 Å². The summed E-state index contributed by atoms with van der Waals surface area (Å²) in [5, 5.41) is 2.92. The van der Waals surface area contributed by atoms with Crippen LogP contribution in [0.2, 0.25) is 0 Å². The van der Waals surface area contributed by atoms with Gasteiger partial charge in [-0.1, -0.05) is 12.1 Å². The molecule has 21 heavy (non-hydrogen) atoms. The van der Waals surface area contributed by atoms with Crippen molar-refractivity contribution in [1.29, 1.82) is 0 Å². The molecule has 3 N–H and O–H groups in total. The van der Waals surface area contributed by atoms with Crippen LogP contribution in [-0.2, 0) is 4.79 Å². The summed E-state index contributed by atoms with van der Waals surface area (Å²) in [5.74, 6) is -0.266. The number of amides is 1. The van der Waals surface area contributed by atoms with E-state index in [9.17, 15) is 9.18 Å². The lowest BCUT2D eigenvalue weighted by Crippen LogP contribution is -2.44. The molecule has 1 aliphatic heterocycles. The van der Waals surface area contributed by atoms with Gasteiger partial charge in [-0.15, -0.1) is 0 Å². The van der Waals surface area contributed by atoms with Crippen molar-refractivity contribution in [2.75, 3.05) is 19.6 Å². The maximum atomic E-state index is 13.6. The zero-order chi connectivity index (χ0) is 15.4. The summed E-state index contributed by atoms with van der Waals surface area (Å²) >= 11 is 0. The highest BCUT2D eigenvalue weighted by molar-refractivity contribution is 5.78. The molecule has 2 rings (SSSR count). The zero-order valence-corrected chi connectivity index (χ0v) is 12.7. The molecule has 0 aliphatic carbocycles. The second kappa shape index (κ2) is 7.00. The van der Waals surface area contributed by atoms with E-state index in [2.05, 4.69) is 10.2 Å². The largest absolute Gasteiger partial charge is 0.348 e. The molecule has 1 aromatic rings. The summed E-state index contributed by atoms with van der Waals surface area (Å²) in [5.41, 5.74) is 7.25. The maximum absolute atomic E-state index is 13.6. The van der Waals surface area contributed by atoms with Gasteiger partial charge in [0.1, 0.15) is 5.82 Å². The predicted octanol–water partition coefficient (Wildman–Crippen LogP) is 1.73. The Morgan fingerprint density at radius 1 is 1.48 bits per heavy atom. The Bertz CT molecular complexity index is 498. The lowest BCUT2D eigenvalue weighted by molar-refractivity contribution is -0.123. The van der Waals surface area contributed by atoms with Crippen molar-refractivity contribution in [3.8, 4) is 0 Å². The van der Waals surface area contributed by atoms with Crippen LogP contribution in [0.15, 0.2) is 18.2 Å². The van der Waals surface area contributed by atoms with E-state index in [4.69, 9.17) is 5.73 Å². The number of benzene rings is 1. The molecule has 116 valence electrons. The van der Waals surface area contributed by atoms with Crippen molar-refractivity contribution in [3.63, 3.8) is 0 Å². The minimum Gasteiger partial charge on any atom is -0.348 e. The van der Waals surface area contributed by atoms with E-state index in [1.54, 1.807) is 13.0 Å². The molecule has 1 heterocycles. The molecule has 0 aromatic heterocycles. The molecule has 1 amide bonds. The number of nitrogens with two attached hydrogens (primary N) is 1. The van der Waals surface area contributed by atoms with Crippen molar-refractivity contribution < 1.29 is 9.18 Å². The molecule has 1 saturated heterocycles. The first-order chi connectivity index (χ1) is 9.95. The predicted molar refractivity (Wildman–Crippen MR) is 81.3 cm³/mol. The highest BCUT2D eigenvalue weighted by Crippen LogP contribution is 2.16. The van der Waals surface area contributed by atoms with Gasteiger partial charge >= 0.3 is 0 Å². The molecule has 1 aromatic carbocycles. The number of piperidine rings is 1. The molecule has 1 unspecified atom stereocenters. The Hall–Kier alpha value is -1.46.